The predicted octanol–water partition coefficient (Wildman–Crippen LogP) is 3.89. The number of ether oxygens (including phenoxy) is 2. The number of carbonyl (C=O) groups is 1. The van der Waals surface area contributed by atoms with E-state index >= 15 is 0 Å². The summed E-state index contributed by atoms with van der Waals surface area (Å²) in [7, 11) is 3.33. The monoisotopic (exact) mass is 415 g/mol. The first kappa shape index (κ1) is 19.4. The summed E-state index contributed by atoms with van der Waals surface area (Å²) >= 11 is 0. The second-order valence-corrected chi connectivity index (χ2v) is 8.19. The van der Waals surface area contributed by atoms with Crippen molar-refractivity contribution in [1.82, 2.24) is 9.78 Å². The molecule has 3 aromatic rings. The molecule has 1 heterocycles. The van der Waals surface area contributed by atoms with Crippen molar-refractivity contribution >= 4 is 12.0 Å². The number of methoxy groups -OCH3 is 2. The summed E-state index contributed by atoms with van der Waals surface area (Å²) in [5, 5.41) is 4.61. The van der Waals surface area contributed by atoms with Gasteiger partial charge < -0.3 is 15.2 Å². The second-order valence-electron chi connectivity index (χ2n) is 8.19. The van der Waals surface area contributed by atoms with Gasteiger partial charge in [-0.3, -0.25) is 9.48 Å². The number of nitrogens with zero attached hydrogens (tertiary/aromatic N) is 2. The van der Waals surface area contributed by atoms with Crippen molar-refractivity contribution in [2.24, 2.45) is 5.73 Å². The van der Waals surface area contributed by atoms with Gasteiger partial charge in [0, 0.05) is 23.1 Å². The number of carbonyl (C=O) groups excluding carboxylic acids is 1. The smallest absolute Gasteiger partial charge is 0.269 e. The third-order valence-corrected chi connectivity index (χ3v) is 6.37. The zero-order valence-electron chi connectivity index (χ0n) is 17.7. The van der Waals surface area contributed by atoms with Gasteiger partial charge in [0.2, 0.25) is 0 Å². The van der Waals surface area contributed by atoms with Crippen LogP contribution in [0.2, 0.25) is 0 Å². The maximum atomic E-state index is 12.1. The van der Waals surface area contributed by atoms with Crippen molar-refractivity contribution in [2.45, 2.75) is 30.7 Å². The van der Waals surface area contributed by atoms with E-state index in [9.17, 15) is 4.79 Å². The maximum Gasteiger partial charge on any atom is 0.269 e. The fraction of sp³-hybridized carbons (Fsp3) is 0.280. The van der Waals surface area contributed by atoms with Gasteiger partial charge in [-0.1, -0.05) is 36.4 Å². The fourth-order valence-corrected chi connectivity index (χ4v) is 4.53. The van der Waals surface area contributed by atoms with E-state index in [0.29, 0.717) is 18.2 Å². The number of hydrogen-bond donors (Lipinski definition) is 1. The van der Waals surface area contributed by atoms with Crippen LogP contribution in [0.25, 0.3) is 6.08 Å². The number of rotatable bonds is 6. The topological polar surface area (TPSA) is 79.4 Å². The predicted molar refractivity (Wildman–Crippen MR) is 119 cm³/mol. The molecule has 1 fully saturated rings. The van der Waals surface area contributed by atoms with Crippen LogP contribution in [-0.4, -0.2) is 29.9 Å². The lowest BCUT2D eigenvalue weighted by molar-refractivity contribution is 0.0994. The molecule has 2 aliphatic rings. The van der Waals surface area contributed by atoms with E-state index < -0.39 is 11.3 Å². The van der Waals surface area contributed by atoms with Crippen LogP contribution in [0.3, 0.4) is 0 Å². The molecule has 5 rings (SSSR count). The third-order valence-electron chi connectivity index (χ3n) is 6.37. The Labute approximate surface area is 181 Å². The molecule has 0 saturated heterocycles. The Kier molecular flexibility index (Phi) is 4.58. The van der Waals surface area contributed by atoms with Gasteiger partial charge >= 0.3 is 0 Å². The quantitative estimate of drug-likeness (QED) is 0.662. The lowest BCUT2D eigenvalue weighted by Gasteiger charge is -2.35. The van der Waals surface area contributed by atoms with Crippen molar-refractivity contribution < 1.29 is 14.3 Å². The summed E-state index contributed by atoms with van der Waals surface area (Å²) < 4.78 is 12.8. The number of amides is 1. The van der Waals surface area contributed by atoms with Crippen molar-refractivity contribution in [2.75, 3.05) is 14.2 Å². The first-order valence-corrected chi connectivity index (χ1v) is 10.4. The Morgan fingerprint density at radius 2 is 1.55 bits per heavy atom. The Hall–Kier alpha value is -3.54. The van der Waals surface area contributed by atoms with E-state index in [4.69, 9.17) is 15.2 Å². The zero-order valence-corrected chi connectivity index (χ0v) is 17.7. The average Bonchev–Trinajstić information content (AvgIpc) is 3.59. The number of aromatic nitrogens is 2. The van der Waals surface area contributed by atoms with Gasteiger partial charge in [-0.25, -0.2) is 0 Å². The molecular weight excluding hydrogens is 390 g/mol. The highest BCUT2D eigenvalue weighted by Crippen LogP contribution is 2.46. The molecule has 31 heavy (non-hydrogen) atoms. The largest absolute Gasteiger partial charge is 0.497 e. The standard InChI is InChI=1S/C25H25N3O3/c1-30-19-9-3-16(4-10-19)25(17-5-11-20(31-2)12-6-17)14-13-21-22(15-25)28(18-7-8-18)27-23(21)24(26)29/h3-6,9-14,18H,7-8,15H2,1-2H3,(H2,26,29). The Morgan fingerprint density at radius 3 is 2.00 bits per heavy atom. The van der Waals surface area contributed by atoms with Crippen LogP contribution in [0.4, 0.5) is 0 Å². The van der Waals surface area contributed by atoms with E-state index in [2.05, 4.69) is 35.4 Å². The summed E-state index contributed by atoms with van der Waals surface area (Å²) in [6, 6.07) is 16.7. The molecule has 6 nitrogen and oxygen atoms in total. The van der Waals surface area contributed by atoms with Crippen molar-refractivity contribution in [3.8, 4) is 11.5 Å². The molecule has 0 radical (unpaired) electrons. The van der Waals surface area contributed by atoms with Crippen molar-refractivity contribution in [3.05, 3.63) is 82.7 Å². The summed E-state index contributed by atoms with van der Waals surface area (Å²) in [6.07, 6.45) is 7.03. The SMILES string of the molecule is COc1ccc(C2(c3ccc(OC)cc3)C=Cc3c(C(N)=O)nn(C4CC4)c3C2)cc1. The number of allylic oxidation sites excluding steroid dienone is 1. The fourth-order valence-electron chi connectivity index (χ4n) is 4.53. The number of hydrogen-bond acceptors (Lipinski definition) is 4. The lowest BCUT2D eigenvalue weighted by Crippen LogP contribution is -2.31. The molecule has 158 valence electrons. The number of benzene rings is 2. The molecule has 0 spiro atoms. The normalized spacial score (nSPS) is 16.6. The Bertz CT molecular complexity index is 1110. The minimum absolute atomic E-state index is 0.345. The molecule has 1 saturated carbocycles. The van der Waals surface area contributed by atoms with Gasteiger partial charge in [-0.05, 0) is 48.2 Å². The number of nitrogens with two attached hydrogens (primary N) is 1. The third kappa shape index (κ3) is 3.19. The summed E-state index contributed by atoms with van der Waals surface area (Å²) in [5.74, 6) is 1.14. The summed E-state index contributed by atoms with van der Waals surface area (Å²) in [4.78, 5) is 12.1. The molecule has 1 amide bonds. The average molecular weight is 415 g/mol. The van der Waals surface area contributed by atoms with E-state index in [1.807, 2.05) is 35.0 Å². The highest BCUT2D eigenvalue weighted by atomic mass is 16.5. The van der Waals surface area contributed by atoms with Gasteiger partial charge in [0.05, 0.1) is 20.3 Å². The molecular formula is C25H25N3O3. The molecule has 0 bridgehead atoms. The van der Waals surface area contributed by atoms with E-state index in [-0.39, 0.29) is 0 Å². The number of primary amides is 1. The molecule has 1 aromatic heterocycles. The molecule has 0 aliphatic heterocycles. The van der Waals surface area contributed by atoms with Crippen LogP contribution in [-0.2, 0) is 11.8 Å². The van der Waals surface area contributed by atoms with Gasteiger partial charge in [0.25, 0.3) is 5.91 Å². The molecule has 0 atom stereocenters. The highest BCUT2D eigenvalue weighted by molar-refractivity contribution is 5.95. The first-order valence-electron chi connectivity index (χ1n) is 10.4. The lowest BCUT2D eigenvalue weighted by atomic mass is 9.68. The van der Waals surface area contributed by atoms with Crippen LogP contribution in [0.1, 0.15) is 51.8 Å². The van der Waals surface area contributed by atoms with Crippen LogP contribution >= 0.6 is 0 Å². The van der Waals surface area contributed by atoms with Gasteiger partial charge in [-0.2, -0.15) is 5.10 Å². The van der Waals surface area contributed by atoms with E-state index in [1.165, 1.54) is 0 Å². The van der Waals surface area contributed by atoms with Crippen LogP contribution < -0.4 is 15.2 Å². The first-order chi connectivity index (χ1) is 15.1. The van der Waals surface area contributed by atoms with E-state index in [0.717, 1.165) is 46.7 Å². The zero-order chi connectivity index (χ0) is 21.6. The minimum atomic E-state index is -0.485. The van der Waals surface area contributed by atoms with E-state index in [1.54, 1.807) is 14.2 Å². The van der Waals surface area contributed by atoms with Crippen molar-refractivity contribution in [3.63, 3.8) is 0 Å². The highest BCUT2D eigenvalue weighted by Gasteiger charge is 2.40. The maximum absolute atomic E-state index is 12.1. The Balaban J connectivity index is 1.69. The second kappa shape index (κ2) is 7.30. The Morgan fingerprint density at radius 1 is 1.00 bits per heavy atom. The molecule has 2 N–H and O–H groups in total. The molecule has 2 aromatic carbocycles. The van der Waals surface area contributed by atoms with Gasteiger partial charge in [0.1, 0.15) is 11.5 Å². The molecule has 0 unspecified atom stereocenters. The van der Waals surface area contributed by atoms with Gasteiger partial charge in [-0.15, -0.1) is 0 Å². The molecule has 6 heteroatoms. The summed E-state index contributed by atoms with van der Waals surface area (Å²) in [6.45, 7) is 0. The number of fused-ring (bicyclic) bond motifs is 1. The van der Waals surface area contributed by atoms with Crippen molar-refractivity contribution in [1.29, 1.82) is 0 Å². The van der Waals surface area contributed by atoms with Crippen LogP contribution in [0, 0.1) is 0 Å². The van der Waals surface area contributed by atoms with Crippen LogP contribution in [0.5, 0.6) is 11.5 Å². The minimum Gasteiger partial charge on any atom is -0.497 e. The van der Waals surface area contributed by atoms with Crippen LogP contribution in [0.15, 0.2) is 54.6 Å². The van der Waals surface area contributed by atoms with Gasteiger partial charge in [0.15, 0.2) is 5.69 Å². The molecule has 2 aliphatic carbocycles. The summed E-state index contributed by atoms with van der Waals surface area (Å²) in [5.41, 5.74) is 9.79.